The van der Waals surface area contributed by atoms with Crippen LogP contribution in [-0.4, -0.2) is 15.9 Å². The van der Waals surface area contributed by atoms with Gasteiger partial charge in [0.05, 0.1) is 24.4 Å². The van der Waals surface area contributed by atoms with Crippen molar-refractivity contribution in [2.45, 2.75) is 19.4 Å². The first-order valence-electron chi connectivity index (χ1n) is 9.72. The molecule has 0 saturated heterocycles. The molecule has 0 saturated carbocycles. The van der Waals surface area contributed by atoms with E-state index in [9.17, 15) is 4.79 Å². The van der Waals surface area contributed by atoms with Crippen LogP contribution in [0.5, 0.6) is 0 Å². The number of carbonyl (C=O) groups excluding carboxylic acids is 1. The fraction of sp³-hybridized carbons (Fsp3) is 0.125. The van der Waals surface area contributed by atoms with Crippen molar-refractivity contribution in [2.75, 3.05) is 0 Å². The molecule has 0 spiro atoms. The van der Waals surface area contributed by atoms with Gasteiger partial charge in [-0.25, -0.2) is 4.98 Å². The van der Waals surface area contributed by atoms with Crippen molar-refractivity contribution in [3.05, 3.63) is 83.1 Å². The smallest absolute Gasteiger partial charge is 0.225 e. The standard InChI is InChI=1S/C24H19N3O2S/c1-15(24-27-20(14-30-24)17-6-4-10-25-12-17)26-22(28)11-18-13-29-21-9-8-16-5-2-3-7-19(16)23(18)21/h2-10,12-15H,11H2,1H3,(H,26,28). The Bertz CT molecular complexity index is 1340. The minimum Gasteiger partial charge on any atom is -0.464 e. The lowest BCUT2D eigenvalue weighted by molar-refractivity contribution is -0.121. The zero-order valence-corrected chi connectivity index (χ0v) is 17.1. The van der Waals surface area contributed by atoms with E-state index in [0.29, 0.717) is 0 Å². The van der Waals surface area contributed by atoms with Gasteiger partial charge in [-0.05, 0) is 35.9 Å². The molecular weight excluding hydrogens is 394 g/mol. The van der Waals surface area contributed by atoms with Crippen molar-refractivity contribution < 1.29 is 9.21 Å². The summed E-state index contributed by atoms with van der Waals surface area (Å²) in [4.78, 5) is 21.6. The second kappa shape index (κ2) is 7.72. The van der Waals surface area contributed by atoms with Gasteiger partial charge in [-0.15, -0.1) is 11.3 Å². The number of thiazole rings is 1. The minimum atomic E-state index is -0.178. The molecule has 1 N–H and O–H groups in total. The summed E-state index contributed by atoms with van der Waals surface area (Å²) in [5.74, 6) is -0.0590. The van der Waals surface area contributed by atoms with E-state index in [1.54, 1.807) is 18.7 Å². The highest BCUT2D eigenvalue weighted by atomic mass is 32.1. The molecular formula is C24H19N3O2S. The number of furan rings is 1. The summed E-state index contributed by atoms with van der Waals surface area (Å²) in [7, 11) is 0. The first-order chi connectivity index (χ1) is 14.7. The van der Waals surface area contributed by atoms with Crippen LogP contribution < -0.4 is 5.32 Å². The Morgan fingerprint density at radius 1 is 1.17 bits per heavy atom. The molecule has 0 radical (unpaired) electrons. The summed E-state index contributed by atoms with van der Waals surface area (Å²) >= 11 is 1.53. The molecule has 3 heterocycles. The predicted octanol–water partition coefficient (Wildman–Crippen LogP) is 5.52. The maximum Gasteiger partial charge on any atom is 0.225 e. The number of amides is 1. The third kappa shape index (κ3) is 3.46. The molecule has 5 aromatic rings. The highest BCUT2D eigenvalue weighted by Gasteiger charge is 2.17. The van der Waals surface area contributed by atoms with E-state index in [0.717, 1.165) is 43.6 Å². The monoisotopic (exact) mass is 413 g/mol. The molecule has 0 aliphatic rings. The normalized spacial score (nSPS) is 12.3. The minimum absolute atomic E-state index is 0.0590. The van der Waals surface area contributed by atoms with E-state index in [-0.39, 0.29) is 18.4 Å². The number of nitrogens with one attached hydrogen (secondary N) is 1. The molecule has 30 heavy (non-hydrogen) atoms. The van der Waals surface area contributed by atoms with Crippen LogP contribution in [0.15, 0.2) is 77.0 Å². The molecule has 0 aliphatic carbocycles. The van der Waals surface area contributed by atoms with Crippen molar-refractivity contribution in [3.8, 4) is 11.3 Å². The number of aromatic nitrogens is 2. The molecule has 3 aromatic heterocycles. The highest BCUT2D eigenvalue weighted by Crippen LogP contribution is 2.30. The summed E-state index contributed by atoms with van der Waals surface area (Å²) in [6, 6.07) is 15.8. The quantitative estimate of drug-likeness (QED) is 0.412. The molecule has 1 atom stereocenters. The van der Waals surface area contributed by atoms with E-state index in [1.165, 1.54) is 11.3 Å². The number of hydrogen-bond acceptors (Lipinski definition) is 5. The van der Waals surface area contributed by atoms with Crippen molar-refractivity contribution in [1.29, 1.82) is 0 Å². The van der Waals surface area contributed by atoms with Gasteiger partial charge in [0.1, 0.15) is 10.6 Å². The average molecular weight is 414 g/mol. The third-order valence-electron chi connectivity index (χ3n) is 5.12. The van der Waals surface area contributed by atoms with Gasteiger partial charge in [0, 0.05) is 34.3 Å². The lowest BCUT2D eigenvalue weighted by Gasteiger charge is -2.11. The number of rotatable bonds is 5. The number of hydrogen-bond donors (Lipinski definition) is 1. The molecule has 1 unspecified atom stereocenters. The van der Waals surface area contributed by atoms with E-state index in [1.807, 2.05) is 48.7 Å². The zero-order chi connectivity index (χ0) is 20.5. The van der Waals surface area contributed by atoms with Gasteiger partial charge in [0.2, 0.25) is 5.91 Å². The summed E-state index contributed by atoms with van der Waals surface area (Å²) in [5.41, 5.74) is 3.53. The first kappa shape index (κ1) is 18.5. The number of fused-ring (bicyclic) bond motifs is 3. The maximum absolute atomic E-state index is 12.8. The third-order valence-corrected chi connectivity index (χ3v) is 6.15. The van der Waals surface area contributed by atoms with Crippen LogP contribution in [0.3, 0.4) is 0 Å². The van der Waals surface area contributed by atoms with Crippen molar-refractivity contribution in [2.24, 2.45) is 0 Å². The Balaban J connectivity index is 1.34. The van der Waals surface area contributed by atoms with Gasteiger partial charge in [-0.1, -0.05) is 30.3 Å². The number of benzene rings is 2. The van der Waals surface area contributed by atoms with Gasteiger partial charge in [-0.2, -0.15) is 0 Å². The molecule has 5 nitrogen and oxygen atoms in total. The summed E-state index contributed by atoms with van der Waals surface area (Å²) in [5, 5.41) is 9.15. The van der Waals surface area contributed by atoms with Gasteiger partial charge in [0.25, 0.3) is 0 Å². The SMILES string of the molecule is CC(NC(=O)Cc1coc2ccc3ccccc3c12)c1nc(-c2cccnc2)cs1. The Kier molecular flexibility index (Phi) is 4.77. The fourth-order valence-corrected chi connectivity index (χ4v) is 4.50. The van der Waals surface area contributed by atoms with Crippen LogP contribution in [0.25, 0.3) is 33.0 Å². The van der Waals surface area contributed by atoms with E-state index in [2.05, 4.69) is 27.4 Å². The Labute approximate surface area is 177 Å². The van der Waals surface area contributed by atoms with Crippen LogP contribution in [0, 0.1) is 0 Å². The van der Waals surface area contributed by atoms with E-state index >= 15 is 0 Å². The van der Waals surface area contributed by atoms with Gasteiger partial charge in [-0.3, -0.25) is 9.78 Å². The van der Waals surface area contributed by atoms with Crippen LogP contribution >= 0.6 is 11.3 Å². The van der Waals surface area contributed by atoms with Crippen molar-refractivity contribution in [3.63, 3.8) is 0 Å². The Morgan fingerprint density at radius 3 is 2.93 bits per heavy atom. The Morgan fingerprint density at radius 2 is 2.07 bits per heavy atom. The van der Waals surface area contributed by atoms with Gasteiger partial charge in [0.15, 0.2) is 0 Å². The van der Waals surface area contributed by atoms with Crippen LogP contribution in [0.1, 0.15) is 23.5 Å². The molecule has 148 valence electrons. The van der Waals surface area contributed by atoms with Gasteiger partial charge >= 0.3 is 0 Å². The predicted molar refractivity (Wildman–Crippen MR) is 119 cm³/mol. The molecule has 6 heteroatoms. The average Bonchev–Trinajstić information content (AvgIpc) is 3.42. The van der Waals surface area contributed by atoms with Crippen LogP contribution in [0.2, 0.25) is 0 Å². The lowest BCUT2D eigenvalue weighted by Crippen LogP contribution is -2.28. The number of nitrogens with zero attached hydrogens (tertiary/aromatic N) is 2. The number of pyridine rings is 1. The summed E-state index contributed by atoms with van der Waals surface area (Å²) in [6.07, 6.45) is 5.47. The Hall–Kier alpha value is -3.51. The second-order valence-corrected chi connectivity index (χ2v) is 8.09. The first-order valence-corrected chi connectivity index (χ1v) is 10.6. The van der Waals surface area contributed by atoms with E-state index < -0.39 is 0 Å². The van der Waals surface area contributed by atoms with Gasteiger partial charge < -0.3 is 9.73 Å². The van der Waals surface area contributed by atoms with Crippen LogP contribution in [-0.2, 0) is 11.2 Å². The van der Waals surface area contributed by atoms with E-state index in [4.69, 9.17) is 4.42 Å². The zero-order valence-electron chi connectivity index (χ0n) is 16.3. The summed E-state index contributed by atoms with van der Waals surface area (Å²) < 4.78 is 5.70. The largest absolute Gasteiger partial charge is 0.464 e. The lowest BCUT2D eigenvalue weighted by atomic mass is 10.0. The summed E-state index contributed by atoms with van der Waals surface area (Å²) in [6.45, 7) is 1.95. The van der Waals surface area contributed by atoms with Crippen LogP contribution in [0.4, 0.5) is 0 Å². The molecule has 0 aliphatic heterocycles. The molecule has 1 amide bonds. The van der Waals surface area contributed by atoms with Crippen molar-refractivity contribution >= 4 is 39.0 Å². The maximum atomic E-state index is 12.8. The number of carbonyl (C=O) groups is 1. The fourth-order valence-electron chi connectivity index (χ4n) is 3.67. The second-order valence-electron chi connectivity index (χ2n) is 7.20. The highest BCUT2D eigenvalue weighted by molar-refractivity contribution is 7.10. The molecule has 0 bridgehead atoms. The molecule has 0 fully saturated rings. The molecule has 5 rings (SSSR count). The van der Waals surface area contributed by atoms with Crippen molar-refractivity contribution in [1.82, 2.24) is 15.3 Å². The molecule has 2 aromatic carbocycles. The topological polar surface area (TPSA) is 68.0 Å².